The molecule has 1 saturated carbocycles. The maximum atomic E-state index is 12.2. The summed E-state index contributed by atoms with van der Waals surface area (Å²) in [6.45, 7) is 1.90. The van der Waals surface area contributed by atoms with Crippen LogP contribution in [0, 0.1) is 6.92 Å². The van der Waals surface area contributed by atoms with E-state index in [0.29, 0.717) is 16.6 Å². The summed E-state index contributed by atoms with van der Waals surface area (Å²) >= 11 is 0. The molecular formula is C12H18N2O2S. The minimum atomic E-state index is -3.38. The molecule has 0 aromatic heterocycles. The molecule has 0 saturated heterocycles. The summed E-state index contributed by atoms with van der Waals surface area (Å²) in [4.78, 5) is 0.370. The molecule has 1 N–H and O–H groups in total. The van der Waals surface area contributed by atoms with Gasteiger partial charge in [0, 0.05) is 20.1 Å². The fourth-order valence-electron chi connectivity index (χ4n) is 1.61. The van der Waals surface area contributed by atoms with E-state index in [9.17, 15) is 8.42 Å². The number of sulfonamides is 1. The van der Waals surface area contributed by atoms with E-state index in [-0.39, 0.29) is 0 Å². The van der Waals surface area contributed by atoms with Crippen LogP contribution in [0.4, 0.5) is 5.69 Å². The first-order valence-electron chi connectivity index (χ1n) is 5.71. The second-order valence-corrected chi connectivity index (χ2v) is 6.83. The van der Waals surface area contributed by atoms with Crippen LogP contribution < -0.4 is 5.32 Å². The van der Waals surface area contributed by atoms with E-state index < -0.39 is 10.0 Å². The van der Waals surface area contributed by atoms with Gasteiger partial charge in [-0.2, -0.15) is 0 Å². The van der Waals surface area contributed by atoms with Gasteiger partial charge < -0.3 is 5.32 Å². The summed E-state index contributed by atoms with van der Waals surface area (Å²) in [6.07, 6.45) is 2.24. The number of hydrogen-bond acceptors (Lipinski definition) is 3. The normalized spacial score (nSPS) is 16.2. The SMILES string of the molecule is Cc1ccc(NC2CC2)c(S(=O)(=O)N(C)C)c1. The molecule has 0 spiro atoms. The lowest BCUT2D eigenvalue weighted by atomic mass is 10.2. The van der Waals surface area contributed by atoms with Crippen molar-refractivity contribution >= 4 is 15.7 Å². The highest BCUT2D eigenvalue weighted by atomic mass is 32.2. The number of hydrogen-bond donors (Lipinski definition) is 1. The molecule has 2 rings (SSSR count). The van der Waals surface area contributed by atoms with Crippen molar-refractivity contribution in [1.82, 2.24) is 4.31 Å². The van der Waals surface area contributed by atoms with E-state index in [0.717, 1.165) is 18.4 Å². The molecule has 17 heavy (non-hydrogen) atoms. The Kier molecular flexibility index (Phi) is 3.14. The lowest BCUT2D eigenvalue weighted by Gasteiger charge is -2.16. The summed E-state index contributed by atoms with van der Waals surface area (Å²) in [5.41, 5.74) is 1.67. The first kappa shape index (κ1) is 12.4. The van der Waals surface area contributed by atoms with Crippen molar-refractivity contribution in [3.63, 3.8) is 0 Å². The third-order valence-electron chi connectivity index (χ3n) is 2.83. The minimum absolute atomic E-state index is 0.370. The van der Waals surface area contributed by atoms with Gasteiger partial charge in [-0.25, -0.2) is 12.7 Å². The average molecular weight is 254 g/mol. The van der Waals surface area contributed by atoms with Gasteiger partial charge in [0.1, 0.15) is 4.90 Å². The maximum absolute atomic E-state index is 12.2. The largest absolute Gasteiger partial charge is 0.381 e. The van der Waals surface area contributed by atoms with Crippen LogP contribution >= 0.6 is 0 Å². The smallest absolute Gasteiger partial charge is 0.244 e. The molecular weight excluding hydrogens is 236 g/mol. The quantitative estimate of drug-likeness (QED) is 0.891. The summed E-state index contributed by atoms with van der Waals surface area (Å²) < 4.78 is 25.6. The van der Waals surface area contributed by atoms with Crippen LogP contribution in [0.15, 0.2) is 23.1 Å². The van der Waals surface area contributed by atoms with Gasteiger partial charge in [-0.15, -0.1) is 0 Å². The Morgan fingerprint density at radius 1 is 1.29 bits per heavy atom. The summed E-state index contributed by atoms with van der Waals surface area (Å²) in [7, 11) is -0.269. The van der Waals surface area contributed by atoms with Crippen LogP contribution in [0.5, 0.6) is 0 Å². The molecule has 1 aromatic rings. The van der Waals surface area contributed by atoms with Gasteiger partial charge >= 0.3 is 0 Å². The molecule has 0 unspecified atom stereocenters. The van der Waals surface area contributed by atoms with E-state index in [1.165, 1.54) is 4.31 Å². The lowest BCUT2D eigenvalue weighted by Crippen LogP contribution is -2.23. The number of benzene rings is 1. The van der Waals surface area contributed by atoms with Crippen molar-refractivity contribution in [1.29, 1.82) is 0 Å². The van der Waals surface area contributed by atoms with E-state index in [1.54, 1.807) is 20.2 Å². The molecule has 1 aromatic carbocycles. The topological polar surface area (TPSA) is 49.4 Å². The first-order chi connectivity index (χ1) is 7.91. The predicted molar refractivity (Wildman–Crippen MR) is 68.7 cm³/mol. The Labute approximate surface area is 103 Å². The number of nitrogens with one attached hydrogen (secondary N) is 1. The fourth-order valence-corrected chi connectivity index (χ4v) is 2.74. The van der Waals surface area contributed by atoms with Gasteiger partial charge in [-0.1, -0.05) is 6.07 Å². The summed E-state index contributed by atoms with van der Waals surface area (Å²) in [6, 6.07) is 5.94. The monoisotopic (exact) mass is 254 g/mol. The molecule has 0 radical (unpaired) electrons. The number of anilines is 1. The van der Waals surface area contributed by atoms with Crippen molar-refractivity contribution < 1.29 is 8.42 Å². The zero-order chi connectivity index (χ0) is 12.6. The Morgan fingerprint density at radius 2 is 1.94 bits per heavy atom. The fraction of sp³-hybridized carbons (Fsp3) is 0.500. The number of aryl methyl sites for hydroxylation is 1. The lowest BCUT2D eigenvalue weighted by molar-refractivity contribution is 0.521. The second kappa shape index (κ2) is 4.31. The van der Waals surface area contributed by atoms with Gasteiger partial charge in [-0.3, -0.25) is 0 Å². The van der Waals surface area contributed by atoms with Gasteiger partial charge in [0.2, 0.25) is 10.0 Å². The molecule has 4 nitrogen and oxygen atoms in total. The minimum Gasteiger partial charge on any atom is -0.381 e. The van der Waals surface area contributed by atoms with E-state index in [1.807, 2.05) is 19.1 Å². The van der Waals surface area contributed by atoms with E-state index >= 15 is 0 Å². The van der Waals surface area contributed by atoms with Crippen molar-refractivity contribution in [3.05, 3.63) is 23.8 Å². The molecule has 1 aliphatic rings. The molecule has 1 aliphatic carbocycles. The van der Waals surface area contributed by atoms with Crippen LogP contribution in [0.25, 0.3) is 0 Å². The molecule has 0 atom stereocenters. The molecule has 0 aliphatic heterocycles. The first-order valence-corrected chi connectivity index (χ1v) is 7.15. The van der Waals surface area contributed by atoms with Crippen molar-refractivity contribution in [2.75, 3.05) is 19.4 Å². The third kappa shape index (κ3) is 2.61. The van der Waals surface area contributed by atoms with Crippen LogP contribution in [-0.2, 0) is 10.0 Å². The average Bonchev–Trinajstić information content (AvgIpc) is 3.04. The summed E-state index contributed by atoms with van der Waals surface area (Å²) in [5, 5.41) is 3.27. The van der Waals surface area contributed by atoms with Crippen LogP contribution in [0.3, 0.4) is 0 Å². The Balaban J connectivity index is 2.45. The molecule has 5 heteroatoms. The number of rotatable bonds is 4. The Bertz CT molecular complexity index is 519. The highest BCUT2D eigenvalue weighted by Crippen LogP contribution is 2.30. The standard InChI is InChI=1S/C12H18N2O2S/c1-9-4-7-11(13-10-5-6-10)12(8-9)17(15,16)14(2)3/h4,7-8,10,13H,5-6H2,1-3H3. The van der Waals surface area contributed by atoms with Gasteiger partial charge in [0.25, 0.3) is 0 Å². The maximum Gasteiger partial charge on any atom is 0.244 e. The molecule has 0 amide bonds. The number of nitrogens with zero attached hydrogens (tertiary/aromatic N) is 1. The van der Waals surface area contributed by atoms with E-state index in [2.05, 4.69) is 5.32 Å². The second-order valence-electron chi connectivity index (χ2n) is 4.71. The highest BCUT2D eigenvalue weighted by Gasteiger charge is 2.26. The summed E-state index contributed by atoms with van der Waals surface area (Å²) in [5.74, 6) is 0. The Morgan fingerprint density at radius 3 is 2.47 bits per heavy atom. The zero-order valence-electron chi connectivity index (χ0n) is 10.4. The molecule has 0 heterocycles. The van der Waals surface area contributed by atoms with Crippen LogP contribution in [0.1, 0.15) is 18.4 Å². The Hall–Kier alpha value is -1.07. The van der Waals surface area contributed by atoms with Gasteiger partial charge in [0.15, 0.2) is 0 Å². The zero-order valence-corrected chi connectivity index (χ0v) is 11.2. The predicted octanol–water partition coefficient (Wildman–Crippen LogP) is 1.82. The molecule has 1 fully saturated rings. The highest BCUT2D eigenvalue weighted by molar-refractivity contribution is 7.89. The van der Waals surface area contributed by atoms with Crippen LogP contribution in [0.2, 0.25) is 0 Å². The third-order valence-corrected chi connectivity index (χ3v) is 4.69. The van der Waals surface area contributed by atoms with Gasteiger partial charge in [-0.05, 0) is 37.5 Å². The van der Waals surface area contributed by atoms with Crippen molar-refractivity contribution in [2.24, 2.45) is 0 Å². The molecule has 0 bridgehead atoms. The molecule has 94 valence electrons. The van der Waals surface area contributed by atoms with Crippen molar-refractivity contribution in [3.8, 4) is 0 Å². The van der Waals surface area contributed by atoms with Crippen LogP contribution in [-0.4, -0.2) is 32.9 Å². The van der Waals surface area contributed by atoms with E-state index in [4.69, 9.17) is 0 Å². The van der Waals surface area contributed by atoms with Gasteiger partial charge in [0.05, 0.1) is 5.69 Å². The van der Waals surface area contributed by atoms with Crippen molar-refractivity contribution in [2.45, 2.75) is 30.7 Å².